The van der Waals surface area contributed by atoms with Gasteiger partial charge in [-0.1, -0.05) is 41.5 Å². The van der Waals surface area contributed by atoms with Crippen LogP contribution in [0.25, 0.3) is 0 Å². The Kier molecular flexibility index (Phi) is 3.38. The maximum absolute atomic E-state index is 12.8. The lowest BCUT2D eigenvalue weighted by molar-refractivity contribution is -0.159. The van der Waals surface area contributed by atoms with Crippen molar-refractivity contribution < 1.29 is 9.53 Å². The fourth-order valence-electron chi connectivity index (χ4n) is 7.39. The molecule has 3 unspecified atom stereocenters. The molecule has 0 amide bonds. The van der Waals surface area contributed by atoms with Crippen LogP contribution >= 0.6 is 0 Å². The molecule has 0 aromatic heterocycles. The fourth-order valence-corrected chi connectivity index (χ4v) is 7.39. The number of rotatable bonds is 3. The number of carbonyl (C=O) groups excluding carboxylic acids is 1. The van der Waals surface area contributed by atoms with Crippen LogP contribution in [0.2, 0.25) is 0 Å². The lowest BCUT2D eigenvalue weighted by Crippen LogP contribution is -2.39. The van der Waals surface area contributed by atoms with Crippen LogP contribution in [0.3, 0.4) is 0 Å². The van der Waals surface area contributed by atoms with Gasteiger partial charge in [-0.05, 0) is 72.5 Å². The van der Waals surface area contributed by atoms with Gasteiger partial charge in [0.1, 0.15) is 6.10 Å². The Morgan fingerprint density at radius 2 is 1.42 bits per heavy atom. The average molecular weight is 333 g/mol. The lowest BCUT2D eigenvalue weighted by Gasteiger charge is -2.40. The zero-order valence-corrected chi connectivity index (χ0v) is 16.6. The Bertz CT molecular complexity index is 514. The van der Waals surface area contributed by atoms with Crippen LogP contribution in [0, 0.1) is 39.4 Å². The van der Waals surface area contributed by atoms with Crippen LogP contribution in [0.1, 0.15) is 86.5 Å². The van der Waals surface area contributed by atoms with Gasteiger partial charge in [0.25, 0.3) is 0 Å². The van der Waals surface area contributed by atoms with Crippen molar-refractivity contribution in [2.45, 2.75) is 92.6 Å². The Morgan fingerprint density at radius 3 is 1.83 bits per heavy atom. The Labute approximate surface area is 148 Å². The van der Waals surface area contributed by atoms with Gasteiger partial charge in [0.05, 0.1) is 0 Å². The second-order valence-electron chi connectivity index (χ2n) is 11.1. The summed E-state index contributed by atoms with van der Waals surface area (Å²) >= 11 is 0. The summed E-state index contributed by atoms with van der Waals surface area (Å²) in [5.41, 5.74) is 1.22. The van der Waals surface area contributed by atoms with Crippen molar-refractivity contribution >= 4 is 5.97 Å². The third-order valence-corrected chi connectivity index (χ3v) is 10.4. The van der Waals surface area contributed by atoms with E-state index in [1.54, 1.807) is 0 Å². The minimum atomic E-state index is 0.0825. The van der Waals surface area contributed by atoms with Gasteiger partial charge in [-0.25, -0.2) is 0 Å². The van der Waals surface area contributed by atoms with Gasteiger partial charge in [-0.3, -0.25) is 4.79 Å². The minimum Gasteiger partial charge on any atom is -0.462 e. The third kappa shape index (κ3) is 1.86. The molecular weight excluding hydrogens is 296 g/mol. The number of fused-ring (bicyclic) bond motifs is 4. The maximum atomic E-state index is 12.8. The summed E-state index contributed by atoms with van der Waals surface area (Å²) in [6.45, 7) is 14.4. The van der Waals surface area contributed by atoms with Crippen molar-refractivity contribution in [3.8, 4) is 0 Å². The SMILES string of the molecule is CC1(C)[C@H]2CCC1(C)[C@@H](CC(=O)OC1CC3CC[C@]1(C)C3(C)C)C2. The lowest BCUT2D eigenvalue weighted by atomic mass is 9.66. The van der Waals surface area contributed by atoms with Gasteiger partial charge in [-0.15, -0.1) is 0 Å². The van der Waals surface area contributed by atoms with Crippen molar-refractivity contribution in [2.24, 2.45) is 39.4 Å². The van der Waals surface area contributed by atoms with Crippen LogP contribution < -0.4 is 0 Å². The van der Waals surface area contributed by atoms with Gasteiger partial charge in [-0.2, -0.15) is 0 Å². The van der Waals surface area contributed by atoms with Crippen LogP contribution in [0.5, 0.6) is 0 Å². The van der Waals surface area contributed by atoms with E-state index in [0.29, 0.717) is 28.6 Å². The molecule has 0 heterocycles. The second kappa shape index (κ2) is 4.80. The monoisotopic (exact) mass is 332 g/mol. The van der Waals surface area contributed by atoms with Crippen molar-refractivity contribution in [2.75, 3.05) is 0 Å². The van der Waals surface area contributed by atoms with E-state index in [1.807, 2.05) is 0 Å². The van der Waals surface area contributed by atoms with Gasteiger partial charge < -0.3 is 4.74 Å². The molecule has 6 atom stereocenters. The summed E-state index contributed by atoms with van der Waals surface area (Å²) in [4.78, 5) is 12.8. The van der Waals surface area contributed by atoms with E-state index in [0.717, 1.165) is 18.3 Å². The molecule has 136 valence electrons. The number of hydrogen-bond acceptors (Lipinski definition) is 2. The molecule has 4 rings (SSSR count). The van der Waals surface area contributed by atoms with E-state index in [-0.39, 0.29) is 17.5 Å². The molecule has 4 aliphatic rings. The van der Waals surface area contributed by atoms with E-state index < -0.39 is 0 Å². The summed E-state index contributed by atoms with van der Waals surface area (Å²) in [6.07, 6.45) is 8.30. The van der Waals surface area contributed by atoms with Gasteiger partial charge in [0, 0.05) is 11.8 Å². The number of hydrogen-bond donors (Lipinski definition) is 0. The van der Waals surface area contributed by atoms with Gasteiger partial charge in [0.15, 0.2) is 0 Å². The molecule has 0 radical (unpaired) electrons. The highest BCUT2D eigenvalue weighted by atomic mass is 16.5. The molecule has 4 saturated carbocycles. The first-order valence-electron chi connectivity index (χ1n) is 10.2. The zero-order chi connectivity index (χ0) is 17.5. The Morgan fingerprint density at radius 1 is 0.875 bits per heavy atom. The molecule has 0 spiro atoms. The van der Waals surface area contributed by atoms with Crippen LogP contribution in [0.15, 0.2) is 0 Å². The summed E-state index contributed by atoms with van der Waals surface area (Å²) in [5.74, 6) is 2.15. The molecule has 0 aromatic rings. The molecule has 0 aliphatic heterocycles. The first kappa shape index (κ1) is 16.9. The van der Waals surface area contributed by atoms with Crippen molar-refractivity contribution in [1.29, 1.82) is 0 Å². The van der Waals surface area contributed by atoms with Gasteiger partial charge in [0.2, 0.25) is 0 Å². The number of ether oxygens (including phenoxy) is 1. The molecule has 0 aromatic carbocycles. The van der Waals surface area contributed by atoms with Crippen molar-refractivity contribution in [3.63, 3.8) is 0 Å². The van der Waals surface area contributed by atoms with E-state index in [9.17, 15) is 4.79 Å². The Hall–Kier alpha value is -0.530. The summed E-state index contributed by atoms with van der Waals surface area (Å²) in [6, 6.07) is 0. The van der Waals surface area contributed by atoms with Crippen LogP contribution in [-0.4, -0.2) is 12.1 Å². The first-order chi connectivity index (χ1) is 11.0. The van der Waals surface area contributed by atoms with Crippen LogP contribution in [-0.2, 0) is 9.53 Å². The summed E-state index contributed by atoms with van der Waals surface area (Å²) < 4.78 is 6.13. The summed E-state index contributed by atoms with van der Waals surface area (Å²) in [7, 11) is 0. The Balaban J connectivity index is 1.43. The van der Waals surface area contributed by atoms with E-state index in [4.69, 9.17) is 4.74 Å². The zero-order valence-electron chi connectivity index (χ0n) is 16.6. The van der Waals surface area contributed by atoms with Crippen molar-refractivity contribution in [3.05, 3.63) is 0 Å². The normalized spacial score (nSPS) is 50.4. The molecule has 2 heteroatoms. The largest absolute Gasteiger partial charge is 0.462 e. The molecular formula is C22H36O2. The average Bonchev–Trinajstić information content (AvgIpc) is 2.99. The second-order valence-corrected chi connectivity index (χ2v) is 11.1. The van der Waals surface area contributed by atoms with Crippen molar-refractivity contribution in [1.82, 2.24) is 0 Å². The van der Waals surface area contributed by atoms with E-state index in [2.05, 4.69) is 41.5 Å². The number of esters is 1. The predicted octanol–water partition coefficient (Wildman–Crippen LogP) is 5.60. The highest BCUT2D eigenvalue weighted by Crippen LogP contribution is 2.69. The van der Waals surface area contributed by atoms with Crippen LogP contribution in [0.4, 0.5) is 0 Å². The molecule has 0 N–H and O–H groups in total. The molecule has 2 nitrogen and oxygen atoms in total. The minimum absolute atomic E-state index is 0.0825. The quantitative estimate of drug-likeness (QED) is 0.629. The third-order valence-electron chi connectivity index (χ3n) is 10.4. The molecule has 4 fully saturated rings. The smallest absolute Gasteiger partial charge is 0.306 e. The predicted molar refractivity (Wildman–Crippen MR) is 96.4 cm³/mol. The first-order valence-corrected chi connectivity index (χ1v) is 10.2. The van der Waals surface area contributed by atoms with E-state index in [1.165, 1.54) is 32.1 Å². The molecule has 0 saturated heterocycles. The van der Waals surface area contributed by atoms with E-state index >= 15 is 0 Å². The summed E-state index contributed by atoms with van der Waals surface area (Å²) in [5, 5.41) is 0. The highest BCUT2D eigenvalue weighted by molar-refractivity contribution is 5.70. The van der Waals surface area contributed by atoms with Gasteiger partial charge >= 0.3 is 5.97 Å². The standard InChI is InChI=1S/C22H36O2/c1-19(2)14-7-9-21(19,5)16(11-14)13-18(23)24-17-12-15-8-10-22(17,6)20(15,3)4/h14-17H,7-13H2,1-6H3/t14-,15?,16+,17?,21?,22-/m0/s1. The fraction of sp³-hybridized carbons (Fsp3) is 0.955. The molecule has 4 aliphatic carbocycles. The highest BCUT2D eigenvalue weighted by Gasteiger charge is 2.64. The maximum Gasteiger partial charge on any atom is 0.306 e. The molecule has 4 bridgehead atoms. The molecule has 24 heavy (non-hydrogen) atoms. The number of carbonyl (C=O) groups is 1. The topological polar surface area (TPSA) is 26.3 Å².